The lowest BCUT2D eigenvalue weighted by Gasteiger charge is -2.12. The smallest absolute Gasteiger partial charge is 0.320 e. The Morgan fingerprint density at radius 1 is 1.18 bits per heavy atom. The lowest BCUT2D eigenvalue weighted by Crippen LogP contribution is -2.28. The molecule has 0 spiro atoms. The third-order valence-electron chi connectivity index (χ3n) is 3.90. The van der Waals surface area contributed by atoms with Gasteiger partial charge in [0.05, 0.1) is 19.0 Å². The minimum atomic E-state index is -0.380. The van der Waals surface area contributed by atoms with Gasteiger partial charge >= 0.3 is 6.03 Å². The largest absolute Gasteiger partial charge is 0.497 e. The molecule has 142 valence electrons. The molecule has 2 aromatic heterocycles. The number of nitrogens with zero attached hydrogens (tertiary/aromatic N) is 2. The standard InChI is InChI=1S/C20H20N6O2/c1-28-17-4-2-14(3-5-17)12-24-20(27)26-19-10-15(11-21)18(13-23-19)25-16-6-8-22-9-7-16/h2-11,13,21H,12H2,1H3,(H,22,25)(H2,23,24,26,27). The van der Waals surface area contributed by atoms with E-state index in [0.717, 1.165) is 17.0 Å². The minimum Gasteiger partial charge on any atom is -0.497 e. The lowest BCUT2D eigenvalue weighted by molar-refractivity contribution is 0.251. The first kappa shape index (κ1) is 18.8. The molecule has 0 saturated heterocycles. The molecule has 8 heteroatoms. The van der Waals surface area contributed by atoms with Gasteiger partial charge < -0.3 is 20.8 Å². The topological polar surface area (TPSA) is 112 Å². The fourth-order valence-electron chi connectivity index (χ4n) is 2.44. The molecule has 8 nitrogen and oxygen atoms in total. The van der Waals surface area contributed by atoms with E-state index in [1.807, 2.05) is 36.4 Å². The summed E-state index contributed by atoms with van der Waals surface area (Å²) in [5.74, 6) is 1.11. The highest BCUT2D eigenvalue weighted by Gasteiger charge is 2.07. The van der Waals surface area contributed by atoms with Crippen molar-refractivity contribution in [2.75, 3.05) is 17.7 Å². The predicted octanol–water partition coefficient (Wildman–Crippen LogP) is 3.55. The molecule has 2 amide bonds. The molecule has 0 atom stereocenters. The number of amides is 2. The number of hydrogen-bond acceptors (Lipinski definition) is 6. The molecule has 28 heavy (non-hydrogen) atoms. The summed E-state index contributed by atoms with van der Waals surface area (Å²) in [4.78, 5) is 20.3. The molecule has 0 aliphatic carbocycles. The van der Waals surface area contributed by atoms with E-state index in [4.69, 9.17) is 10.1 Å². The SMILES string of the molecule is COc1ccc(CNC(=O)Nc2cc(C=N)c(Nc3ccncc3)cn2)cc1. The van der Waals surface area contributed by atoms with Crippen LogP contribution in [0.25, 0.3) is 0 Å². The fraction of sp³-hybridized carbons (Fsp3) is 0.100. The van der Waals surface area contributed by atoms with Crippen LogP contribution >= 0.6 is 0 Å². The first-order valence-corrected chi connectivity index (χ1v) is 8.53. The van der Waals surface area contributed by atoms with Crippen molar-refractivity contribution in [3.05, 3.63) is 72.2 Å². The van der Waals surface area contributed by atoms with Crippen molar-refractivity contribution in [1.82, 2.24) is 15.3 Å². The number of methoxy groups -OCH3 is 1. The maximum absolute atomic E-state index is 12.1. The molecule has 0 radical (unpaired) electrons. The summed E-state index contributed by atoms with van der Waals surface area (Å²) in [5, 5.41) is 16.2. The van der Waals surface area contributed by atoms with Crippen LogP contribution in [-0.2, 0) is 6.54 Å². The maximum Gasteiger partial charge on any atom is 0.320 e. The Kier molecular flexibility index (Phi) is 6.14. The van der Waals surface area contributed by atoms with Crippen molar-refractivity contribution in [3.8, 4) is 5.75 Å². The van der Waals surface area contributed by atoms with Gasteiger partial charge in [-0.2, -0.15) is 0 Å². The van der Waals surface area contributed by atoms with E-state index >= 15 is 0 Å². The van der Waals surface area contributed by atoms with Gasteiger partial charge in [-0.15, -0.1) is 0 Å². The van der Waals surface area contributed by atoms with Crippen molar-refractivity contribution in [2.24, 2.45) is 0 Å². The van der Waals surface area contributed by atoms with Crippen LogP contribution in [-0.4, -0.2) is 29.3 Å². The van der Waals surface area contributed by atoms with Crippen LogP contribution in [0.3, 0.4) is 0 Å². The number of aromatic nitrogens is 2. The Bertz CT molecular complexity index is 945. The molecule has 0 saturated carbocycles. The monoisotopic (exact) mass is 376 g/mol. The van der Waals surface area contributed by atoms with E-state index in [1.54, 1.807) is 31.8 Å². The predicted molar refractivity (Wildman–Crippen MR) is 108 cm³/mol. The third kappa shape index (κ3) is 5.04. The summed E-state index contributed by atoms with van der Waals surface area (Å²) in [7, 11) is 1.61. The quantitative estimate of drug-likeness (QED) is 0.471. The number of carbonyl (C=O) groups is 1. The summed E-state index contributed by atoms with van der Waals surface area (Å²) in [6.45, 7) is 0.370. The van der Waals surface area contributed by atoms with Gasteiger partial charge in [0.25, 0.3) is 0 Å². The fourth-order valence-corrected chi connectivity index (χ4v) is 2.44. The van der Waals surface area contributed by atoms with Crippen LogP contribution in [0.15, 0.2) is 61.1 Å². The maximum atomic E-state index is 12.1. The van der Waals surface area contributed by atoms with Crippen LogP contribution in [0.2, 0.25) is 0 Å². The van der Waals surface area contributed by atoms with Gasteiger partial charge in [0, 0.05) is 36.4 Å². The number of ether oxygens (including phenoxy) is 1. The molecule has 0 fully saturated rings. The van der Waals surface area contributed by atoms with Gasteiger partial charge in [0.15, 0.2) is 0 Å². The minimum absolute atomic E-state index is 0.353. The van der Waals surface area contributed by atoms with Crippen molar-refractivity contribution < 1.29 is 9.53 Å². The first-order valence-electron chi connectivity index (χ1n) is 8.53. The molecule has 0 unspecified atom stereocenters. The molecule has 3 aromatic rings. The van der Waals surface area contributed by atoms with Crippen LogP contribution in [0.1, 0.15) is 11.1 Å². The Labute approximate surface area is 162 Å². The van der Waals surface area contributed by atoms with E-state index in [2.05, 4.69) is 25.9 Å². The van der Waals surface area contributed by atoms with Gasteiger partial charge in [0.1, 0.15) is 11.6 Å². The van der Waals surface area contributed by atoms with E-state index in [-0.39, 0.29) is 6.03 Å². The Morgan fingerprint density at radius 3 is 2.61 bits per heavy atom. The normalized spacial score (nSPS) is 10.0. The summed E-state index contributed by atoms with van der Waals surface area (Å²) in [6.07, 6.45) is 6.11. The summed E-state index contributed by atoms with van der Waals surface area (Å²) in [6, 6.07) is 12.3. The first-order chi connectivity index (χ1) is 13.7. The van der Waals surface area contributed by atoms with Gasteiger partial charge in [-0.05, 0) is 35.9 Å². The summed E-state index contributed by atoms with van der Waals surface area (Å²) >= 11 is 0. The number of urea groups is 1. The average molecular weight is 376 g/mol. The number of carbonyl (C=O) groups excluding carboxylic acids is 1. The Morgan fingerprint density at radius 2 is 1.93 bits per heavy atom. The number of nitrogens with one attached hydrogen (secondary N) is 4. The third-order valence-corrected chi connectivity index (χ3v) is 3.90. The molecule has 3 rings (SSSR count). The number of pyridine rings is 2. The molecule has 2 heterocycles. The van der Waals surface area contributed by atoms with Crippen LogP contribution in [0.4, 0.5) is 22.0 Å². The van der Waals surface area contributed by atoms with Gasteiger partial charge in [-0.1, -0.05) is 12.1 Å². The molecule has 4 N–H and O–H groups in total. The molecule has 0 aliphatic rings. The molecular formula is C20H20N6O2. The Balaban J connectivity index is 1.60. The summed E-state index contributed by atoms with van der Waals surface area (Å²) < 4.78 is 5.11. The van der Waals surface area contributed by atoms with E-state index in [1.165, 1.54) is 6.21 Å². The highest BCUT2D eigenvalue weighted by atomic mass is 16.5. The highest BCUT2D eigenvalue weighted by Crippen LogP contribution is 2.20. The molecule has 0 aliphatic heterocycles. The summed E-state index contributed by atoms with van der Waals surface area (Å²) in [5.41, 5.74) is 3.03. The molecule has 1 aromatic carbocycles. The number of benzene rings is 1. The second-order valence-electron chi connectivity index (χ2n) is 5.82. The number of anilines is 3. The second kappa shape index (κ2) is 9.13. The second-order valence-corrected chi connectivity index (χ2v) is 5.82. The van der Waals surface area contributed by atoms with Crippen molar-refractivity contribution >= 4 is 29.4 Å². The number of hydrogen-bond donors (Lipinski definition) is 4. The van der Waals surface area contributed by atoms with Gasteiger partial charge in [-0.3, -0.25) is 10.3 Å². The lowest BCUT2D eigenvalue weighted by atomic mass is 10.2. The van der Waals surface area contributed by atoms with Gasteiger partial charge in [0.2, 0.25) is 0 Å². The van der Waals surface area contributed by atoms with E-state index in [0.29, 0.717) is 23.6 Å². The zero-order valence-corrected chi connectivity index (χ0v) is 15.3. The molecular weight excluding hydrogens is 356 g/mol. The van der Waals surface area contributed by atoms with E-state index in [9.17, 15) is 4.79 Å². The van der Waals surface area contributed by atoms with Crippen LogP contribution in [0, 0.1) is 5.41 Å². The van der Waals surface area contributed by atoms with Gasteiger partial charge in [-0.25, -0.2) is 9.78 Å². The zero-order valence-electron chi connectivity index (χ0n) is 15.3. The Hall–Kier alpha value is -3.94. The van der Waals surface area contributed by atoms with E-state index < -0.39 is 0 Å². The van der Waals surface area contributed by atoms with Crippen LogP contribution < -0.4 is 20.7 Å². The van der Waals surface area contributed by atoms with Crippen molar-refractivity contribution in [2.45, 2.75) is 6.54 Å². The average Bonchev–Trinajstić information content (AvgIpc) is 2.74. The number of rotatable bonds is 7. The highest BCUT2D eigenvalue weighted by molar-refractivity contribution is 5.92. The van der Waals surface area contributed by atoms with Crippen LogP contribution in [0.5, 0.6) is 5.75 Å². The van der Waals surface area contributed by atoms with Crippen molar-refractivity contribution in [1.29, 1.82) is 5.41 Å². The zero-order chi connectivity index (χ0) is 19.8. The molecule has 0 bridgehead atoms. The van der Waals surface area contributed by atoms with Crippen molar-refractivity contribution in [3.63, 3.8) is 0 Å².